The fourth-order valence-electron chi connectivity index (χ4n) is 1.53. The van der Waals surface area contributed by atoms with Crippen LogP contribution in [0.25, 0.3) is 0 Å². The molecule has 1 saturated heterocycles. The van der Waals surface area contributed by atoms with Crippen molar-refractivity contribution in [3.63, 3.8) is 0 Å². The lowest BCUT2D eigenvalue weighted by Gasteiger charge is -2.30. The molecule has 16 heavy (non-hydrogen) atoms. The van der Waals surface area contributed by atoms with Gasteiger partial charge in [-0.05, 0) is 39.2 Å². The fourth-order valence-corrected chi connectivity index (χ4v) is 1.68. The molecule has 1 rings (SSSR count). The second-order valence-corrected chi connectivity index (χ2v) is 5.34. The van der Waals surface area contributed by atoms with Crippen LogP contribution in [-0.2, 0) is 9.47 Å². The van der Waals surface area contributed by atoms with Crippen LogP contribution in [0, 0.1) is 0 Å². The molecule has 1 heterocycles. The Kier molecular flexibility index (Phi) is 5.84. The third-order valence-corrected chi connectivity index (χ3v) is 2.54. The molecule has 0 amide bonds. The molecule has 1 aliphatic heterocycles. The molecule has 0 aliphatic carbocycles. The summed E-state index contributed by atoms with van der Waals surface area (Å²) < 4.78 is 11.6. The zero-order valence-electron chi connectivity index (χ0n) is 9.71. The number of ether oxygens (including phenoxy) is 2. The van der Waals surface area contributed by atoms with E-state index in [1.54, 1.807) is 12.2 Å². The maximum absolute atomic E-state index is 5.84. The Morgan fingerprint density at radius 1 is 1.38 bits per heavy atom. The minimum Gasteiger partial charge on any atom is -0.353 e. The predicted molar refractivity (Wildman–Crippen MR) is 67.7 cm³/mol. The standard InChI is InChI=1S/C12H18Cl2O2/c1-12(2,8-5-6-10(13)14)16-11-7-3-4-9-15-11/h5-6,8,11H,3-4,7,9H2,1-2H3. The first-order chi connectivity index (χ1) is 7.49. The summed E-state index contributed by atoms with van der Waals surface area (Å²) in [7, 11) is 0. The minimum atomic E-state index is -0.373. The number of rotatable bonds is 4. The molecule has 0 aromatic heterocycles. The highest BCUT2D eigenvalue weighted by atomic mass is 35.5. The Hall–Kier alpha value is -0.0200. The van der Waals surface area contributed by atoms with Crippen molar-refractivity contribution in [1.29, 1.82) is 0 Å². The van der Waals surface area contributed by atoms with Crippen LogP contribution in [0.15, 0.2) is 22.7 Å². The molecular weight excluding hydrogens is 247 g/mol. The Morgan fingerprint density at radius 2 is 2.12 bits per heavy atom. The lowest BCUT2D eigenvalue weighted by Crippen LogP contribution is -2.32. The highest BCUT2D eigenvalue weighted by molar-refractivity contribution is 6.55. The Balaban J connectivity index is 2.43. The molecule has 1 aliphatic rings. The Labute approximate surface area is 107 Å². The molecule has 0 radical (unpaired) electrons. The van der Waals surface area contributed by atoms with Gasteiger partial charge in [-0.25, -0.2) is 0 Å². The van der Waals surface area contributed by atoms with Crippen molar-refractivity contribution < 1.29 is 9.47 Å². The van der Waals surface area contributed by atoms with E-state index in [9.17, 15) is 0 Å². The molecule has 4 heteroatoms. The molecule has 0 N–H and O–H groups in total. The van der Waals surface area contributed by atoms with Crippen molar-refractivity contribution in [2.75, 3.05) is 6.61 Å². The minimum absolute atomic E-state index is 0.0937. The summed E-state index contributed by atoms with van der Waals surface area (Å²) in [6.07, 6.45) is 8.48. The first-order valence-electron chi connectivity index (χ1n) is 5.49. The first-order valence-corrected chi connectivity index (χ1v) is 6.25. The molecule has 1 atom stereocenters. The van der Waals surface area contributed by atoms with E-state index in [1.165, 1.54) is 0 Å². The summed E-state index contributed by atoms with van der Waals surface area (Å²) >= 11 is 11.0. The summed E-state index contributed by atoms with van der Waals surface area (Å²) in [5.41, 5.74) is -0.373. The fraction of sp³-hybridized carbons (Fsp3) is 0.667. The van der Waals surface area contributed by atoms with Gasteiger partial charge in [0.1, 0.15) is 4.49 Å². The molecule has 0 saturated carbocycles. The average molecular weight is 265 g/mol. The smallest absolute Gasteiger partial charge is 0.158 e. The van der Waals surface area contributed by atoms with Crippen molar-refractivity contribution in [3.8, 4) is 0 Å². The Bertz CT molecular complexity index is 262. The molecule has 0 spiro atoms. The zero-order valence-corrected chi connectivity index (χ0v) is 11.2. The van der Waals surface area contributed by atoms with Gasteiger partial charge in [0.15, 0.2) is 6.29 Å². The molecule has 2 nitrogen and oxygen atoms in total. The van der Waals surface area contributed by atoms with Gasteiger partial charge >= 0.3 is 0 Å². The van der Waals surface area contributed by atoms with E-state index >= 15 is 0 Å². The van der Waals surface area contributed by atoms with E-state index in [1.807, 2.05) is 19.9 Å². The summed E-state index contributed by atoms with van der Waals surface area (Å²) in [6, 6.07) is 0. The van der Waals surface area contributed by atoms with E-state index in [-0.39, 0.29) is 16.4 Å². The molecule has 0 aromatic carbocycles. The van der Waals surface area contributed by atoms with Gasteiger partial charge in [0, 0.05) is 6.61 Å². The third-order valence-electron chi connectivity index (χ3n) is 2.29. The lowest BCUT2D eigenvalue weighted by atomic mass is 10.1. The van der Waals surface area contributed by atoms with Gasteiger partial charge < -0.3 is 9.47 Å². The molecule has 1 fully saturated rings. The monoisotopic (exact) mass is 264 g/mol. The highest BCUT2D eigenvalue weighted by Gasteiger charge is 2.22. The van der Waals surface area contributed by atoms with Crippen LogP contribution in [0.1, 0.15) is 33.1 Å². The van der Waals surface area contributed by atoms with Crippen LogP contribution in [0.5, 0.6) is 0 Å². The van der Waals surface area contributed by atoms with Gasteiger partial charge in [0.05, 0.1) is 5.60 Å². The predicted octanol–water partition coefficient (Wildman–Crippen LogP) is 4.18. The maximum Gasteiger partial charge on any atom is 0.158 e. The SMILES string of the molecule is CC(C)(C=CC=C(Cl)Cl)OC1CCCCO1. The van der Waals surface area contributed by atoms with Gasteiger partial charge in [-0.15, -0.1) is 0 Å². The molecule has 0 bridgehead atoms. The van der Waals surface area contributed by atoms with E-state index in [4.69, 9.17) is 32.7 Å². The molecule has 0 aromatic rings. The van der Waals surface area contributed by atoms with Crippen LogP contribution in [0.4, 0.5) is 0 Å². The average Bonchev–Trinajstić information content (AvgIpc) is 2.17. The quantitative estimate of drug-likeness (QED) is 0.710. The highest BCUT2D eigenvalue weighted by Crippen LogP contribution is 2.21. The van der Waals surface area contributed by atoms with Crippen LogP contribution in [-0.4, -0.2) is 18.5 Å². The van der Waals surface area contributed by atoms with Crippen LogP contribution >= 0.6 is 23.2 Å². The molecule has 1 unspecified atom stereocenters. The summed E-state index contributed by atoms with van der Waals surface area (Å²) in [6.45, 7) is 4.76. The largest absolute Gasteiger partial charge is 0.353 e. The summed E-state index contributed by atoms with van der Waals surface area (Å²) in [5.74, 6) is 0. The normalized spacial score (nSPS) is 22.4. The third kappa shape index (κ3) is 5.90. The van der Waals surface area contributed by atoms with Gasteiger partial charge in [-0.1, -0.05) is 35.4 Å². The van der Waals surface area contributed by atoms with Gasteiger partial charge in [-0.3, -0.25) is 0 Å². The molecule has 92 valence electrons. The number of hydrogen-bond acceptors (Lipinski definition) is 2. The lowest BCUT2D eigenvalue weighted by molar-refractivity contribution is -0.201. The van der Waals surface area contributed by atoms with E-state index in [2.05, 4.69) is 0 Å². The van der Waals surface area contributed by atoms with Crippen molar-refractivity contribution in [3.05, 3.63) is 22.7 Å². The van der Waals surface area contributed by atoms with E-state index in [0.29, 0.717) is 0 Å². The van der Waals surface area contributed by atoms with E-state index < -0.39 is 0 Å². The first kappa shape index (κ1) is 14.0. The van der Waals surface area contributed by atoms with Crippen molar-refractivity contribution >= 4 is 23.2 Å². The molecular formula is C12H18Cl2O2. The number of hydrogen-bond donors (Lipinski definition) is 0. The van der Waals surface area contributed by atoms with Crippen LogP contribution in [0.3, 0.4) is 0 Å². The van der Waals surface area contributed by atoms with Crippen LogP contribution < -0.4 is 0 Å². The van der Waals surface area contributed by atoms with E-state index in [0.717, 1.165) is 25.9 Å². The zero-order chi connectivity index (χ0) is 12.0. The van der Waals surface area contributed by atoms with Gasteiger partial charge in [0.2, 0.25) is 0 Å². The van der Waals surface area contributed by atoms with Gasteiger partial charge in [0.25, 0.3) is 0 Å². The number of halogens is 2. The maximum atomic E-state index is 5.84. The summed E-state index contributed by atoms with van der Waals surface area (Å²) in [4.78, 5) is 0. The second kappa shape index (κ2) is 6.65. The van der Waals surface area contributed by atoms with Crippen molar-refractivity contribution in [2.24, 2.45) is 0 Å². The van der Waals surface area contributed by atoms with Crippen molar-refractivity contribution in [1.82, 2.24) is 0 Å². The summed E-state index contributed by atoms with van der Waals surface area (Å²) in [5, 5.41) is 0. The van der Waals surface area contributed by atoms with Crippen molar-refractivity contribution in [2.45, 2.75) is 45.0 Å². The number of allylic oxidation sites excluding steroid dienone is 2. The van der Waals surface area contributed by atoms with Crippen LogP contribution in [0.2, 0.25) is 0 Å². The second-order valence-electron chi connectivity index (χ2n) is 4.33. The van der Waals surface area contributed by atoms with Gasteiger partial charge in [-0.2, -0.15) is 0 Å². The topological polar surface area (TPSA) is 18.5 Å². The Morgan fingerprint density at radius 3 is 2.69 bits per heavy atom.